The Morgan fingerprint density at radius 3 is 2.94 bits per heavy atom. The lowest BCUT2D eigenvalue weighted by Crippen LogP contribution is -2.18. The van der Waals surface area contributed by atoms with Gasteiger partial charge in [-0.3, -0.25) is 4.21 Å². The van der Waals surface area contributed by atoms with Crippen molar-refractivity contribution in [2.24, 2.45) is 0 Å². The number of hydrogen-bond acceptors (Lipinski definition) is 4. The van der Waals surface area contributed by atoms with Gasteiger partial charge in [-0.05, 0) is 25.1 Å². The highest BCUT2D eigenvalue weighted by Crippen LogP contribution is 1.99. The lowest BCUT2D eigenvalue weighted by Gasteiger charge is -2.04. The molecule has 0 saturated heterocycles. The number of hydrogen-bond donors (Lipinski definition) is 2. The zero-order valence-corrected chi connectivity index (χ0v) is 10.5. The van der Waals surface area contributed by atoms with E-state index in [1.807, 2.05) is 0 Å². The van der Waals surface area contributed by atoms with Gasteiger partial charge in [0.15, 0.2) is 0 Å². The second-order valence-corrected chi connectivity index (χ2v) is 5.18. The molecule has 0 amide bonds. The van der Waals surface area contributed by atoms with Gasteiger partial charge >= 0.3 is 5.97 Å². The molecule has 1 rings (SSSR count). The first kappa shape index (κ1) is 13.8. The third-order valence-electron chi connectivity index (χ3n) is 2.12. The summed E-state index contributed by atoms with van der Waals surface area (Å²) in [6, 6.07) is 4.91. The summed E-state index contributed by atoms with van der Waals surface area (Å²) in [6.45, 7) is 1.27. The van der Waals surface area contributed by atoms with E-state index in [2.05, 4.69) is 10.3 Å². The molecule has 0 aromatic carbocycles. The Kier molecular flexibility index (Phi) is 5.79. The van der Waals surface area contributed by atoms with Crippen molar-refractivity contribution in [1.29, 1.82) is 0 Å². The normalized spacial score (nSPS) is 12.3. The molecule has 5 nitrogen and oxygen atoms in total. The molecular formula is C11H16N2O3S. The number of nitrogens with zero attached hydrogens (tertiary/aromatic N) is 1. The number of aromatic nitrogens is 1. The van der Waals surface area contributed by atoms with Crippen LogP contribution in [0.4, 0.5) is 0 Å². The van der Waals surface area contributed by atoms with Gasteiger partial charge in [-0.15, -0.1) is 0 Å². The maximum atomic E-state index is 10.8. The number of carbonyl (C=O) groups is 1. The largest absolute Gasteiger partial charge is 0.477 e. The maximum Gasteiger partial charge on any atom is 0.354 e. The monoisotopic (exact) mass is 256 g/mol. The van der Waals surface area contributed by atoms with Gasteiger partial charge in [0.2, 0.25) is 0 Å². The lowest BCUT2D eigenvalue weighted by molar-refractivity contribution is 0.0690. The van der Waals surface area contributed by atoms with Crippen LogP contribution in [-0.2, 0) is 17.3 Å². The van der Waals surface area contributed by atoms with Crippen molar-refractivity contribution < 1.29 is 14.1 Å². The van der Waals surface area contributed by atoms with E-state index in [9.17, 15) is 9.00 Å². The fourth-order valence-electron chi connectivity index (χ4n) is 1.31. The van der Waals surface area contributed by atoms with E-state index in [4.69, 9.17) is 5.11 Å². The summed E-state index contributed by atoms with van der Waals surface area (Å²) in [5.74, 6) is -0.344. The molecule has 1 aromatic heterocycles. The molecule has 0 radical (unpaired) electrons. The number of carboxylic acids is 1. The van der Waals surface area contributed by atoms with E-state index in [0.29, 0.717) is 18.0 Å². The number of rotatable bonds is 7. The van der Waals surface area contributed by atoms with Crippen molar-refractivity contribution in [3.8, 4) is 0 Å². The second-order valence-electron chi connectivity index (χ2n) is 3.63. The van der Waals surface area contributed by atoms with E-state index < -0.39 is 16.8 Å². The molecule has 1 unspecified atom stereocenters. The van der Waals surface area contributed by atoms with Crippen LogP contribution in [0.15, 0.2) is 18.2 Å². The van der Waals surface area contributed by atoms with Crippen LogP contribution in [0.5, 0.6) is 0 Å². The van der Waals surface area contributed by atoms with Gasteiger partial charge in [-0.25, -0.2) is 9.78 Å². The zero-order valence-electron chi connectivity index (χ0n) is 9.68. The highest BCUT2D eigenvalue weighted by Gasteiger charge is 2.04. The lowest BCUT2D eigenvalue weighted by atomic mass is 10.3. The minimum Gasteiger partial charge on any atom is -0.477 e. The number of aromatic carboxylic acids is 1. The van der Waals surface area contributed by atoms with Gasteiger partial charge in [0.25, 0.3) is 0 Å². The Morgan fingerprint density at radius 1 is 1.53 bits per heavy atom. The third kappa shape index (κ3) is 5.55. The van der Waals surface area contributed by atoms with Gasteiger partial charge in [0.1, 0.15) is 5.69 Å². The Morgan fingerprint density at radius 2 is 2.29 bits per heavy atom. The average molecular weight is 256 g/mol. The Balaban J connectivity index is 2.34. The topological polar surface area (TPSA) is 79.3 Å². The Labute approximate surface area is 103 Å². The van der Waals surface area contributed by atoms with Gasteiger partial charge < -0.3 is 10.4 Å². The van der Waals surface area contributed by atoms with E-state index in [1.54, 1.807) is 18.4 Å². The molecule has 1 aromatic rings. The average Bonchev–Trinajstić information content (AvgIpc) is 2.28. The molecular weight excluding hydrogens is 240 g/mol. The van der Waals surface area contributed by atoms with Crippen LogP contribution in [-0.4, -0.2) is 38.8 Å². The first-order chi connectivity index (χ1) is 8.09. The summed E-state index contributed by atoms with van der Waals surface area (Å²) in [5.41, 5.74) is 0.751. The first-order valence-corrected chi connectivity index (χ1v) is 7.02. The predicted molar refractivity (Wildman–Crippen MR) is 66.5 cm³/mol. The van der Waals surface area contributed by atoms with Crippen molar-refractivity contribution in [2.75, 3.05) is 18.6 Å². The van der Waals surface area contributed by atoms with Gasteiger partial charge in [0.05, 0.1) is 5.69 Å². The second kappa shape index (κ2) is 7.13. The quantitative estimate of drug-likeness (QED) is 0.700. The molecule has 94 valence electrons. The van der Waals surface area contributed by atoms with E-state index in [-0.39, 0.29) is 5.69 Å². The van der Waals surface area contributed by atoms with E-state index in [0.717, 1.165) is 13.0 Å². The summed E-state index contributed by atoms with van der Waals surface area (Å²) in [6.07, 6.45) is 2.51. The molecule has 0 aliphatic rings. The molecule has 1 atom stereocenters. The van der Waals surface area contributed by atoms with Crippen LogP contribution in [0, 0.1) is 0 Å². The Bertz CT molecular complexity index is 409. The fraction of sp³-hybridized carbons (Fsp3) is 0.455. The molecule has 17 heavy (non-hydrogen) atoms. The minimum atomic E-state index is -1.02. The molecule has 0 bridgehead atoms. The summed E-state index contributed by atoms with van der Waals surface area (Å²) in [5, 5.41) is 11.9. The summed E-state index contributed by atoms with van der Waals surface area (Å²) < 4.78 is 10.8. The van der Waals surface area contributed by atoms with Gasteiger partial charge in [0, 0.05) is 29.4 Å². The van der Waals surface area contributed by atoms with Crippen LogP contribution in [0.3, 0.4) is 0 Å². The highest BCUT2D eigenvalue weighted by atomic mass is 32.2. The van der Waals surface area contributed by atoms with Crippen LogP contribution in [0.1, 0.15) is 22.6 Å². The Hall–Kier alpha value is -1.27. The van der Waals surface area contributed by atoms with Crippen molar-refractivity contribution in [3.05, 3.63) is 29.6 Å². The van der Waals surface area contributed by atoms with Crippen LogP contribution in [0.2, 0.25) is 0 Å². The molecule has 2 N–H and O–H groups in total. The molecule has 0 spiro atoms. The smallest absolute Gasteiger partial charge is 0.354 e. The minimum absolute atomic E-state index is 0.0546. The third-order valence-corrected chi connectivity index (χ3v) is 2.98. The molecule has 0 aliphatic heterocycles. The first-order valence-electron chi connectivity index (χ1n) is 5.29. The molecule has 0 aliphatic carbocycles. The van der Waals surface area contributed by atoms with Crippen molar-refractivity contribution >= 4 is 16.8 Å². The maximum absolute atomic E-state index is 10.8. The molecule has 1 heterocycles. The van der Waals surface area contributed by atoms with Crippen LogP contribution < -0.4 is 5.32 Å². The standard InChI is InChI=1S/C11H16N2O3S/c1-17(16)7-3-6-12-8-9-4-2-5-10(13-9)11(14)15/h2,4-5,12H,3,6-8H2,1H3,(H,14,15). The van der Waals surface area contributed by atoms with Crippen LogP contribution in [0.25, 0.3) is 0 Å². The number of nitrogens with one attached hydrogen (secondary N) is 1. The molecule has 6 heteroatoms. The number of pyridine rings is 1. The highest BCUT2D eigenvalue weighted by molar-refractivity contribution is 7.84. The van der Waals surface area contributed by atoms with Crippen molar-refractivity contribution in [1.82, 2.24) is 10.3 Å². The molecule has 0 saturated carbocycles. The number of carboxylic acid groups (broad SMARTS) is 1. The predicted octanol–water partition coefficient (Wildman–Crippen LogP) is 0.638. The van der Waals surface area contributed by atoms with Gasteiger partial charge in [-0.1, -0.05) is 6.07 Å². The summed E-state index contributed by atoms with van der Waals surface area (Å²) >= 11 is 0. The summed E-state index contributed by atoms with van der Waals surface area (Å²) in [4.78, 5) is 14.7. The van der Waals surface area contributed by atoms with Crippen molar-refractivity contribution in [2.45, 2.75) is 13.0 Å². The van der Waals surface area contributed by atoms with E-state index >= 15 is 0 Å². The van der Waals surface area contributed by atoms with Crippen LogP contribution >= 0.6 is 0 Å². The molecule has 0 fully saturated rings. The van der Waals surface area contributed by atoms with Gasteiger partial charge in [-0.2, -0.15) is 0 Å². The summed E-state index contributed by atoms with van der Waals surface area (Å²) in [7, 11) is -0.757. The fourth-order valence-corrected chi connectivity index (χ4v) is 1.86. The SMILES string of the molecule is CS(=O)CCCNCc1cccc(C(=O)O)n1. The zero-order chi connectivity index (χ0) is 12.7. The van der Waals surface area contributed by atoms with Crippen molar-refractivity contribution in [3.63, 3.8) is 0 Å². The van der Waals surface area contributed by atoms with E-state index in [1.165, 1.54) is 6.07 Å².